The number of fused-ring (bicyclic) bond motifs is 1. The molecule has 1 heterocycles. The summed E-state index contributed by atoms with van der Waals surface area (Å²) in [5.41, 5.74) is 7.03. The first-order valence-electron chi connectivity index (χ1n) is 4.87. The SMILES string of the molecule is COc1ccc2c(C(C)(C)N)csc2c1. The van der Waals surface area contributed by atoms with Gasteiger partial charge in [0.1, 0.15) is 5.75 Å². The lowest BCUT2D eigenvalue weighted by Crippen LogP contribution is -2.28. The summed E-state index contributed by atoms with van der Waals surface area (Å²) >= 11 is 1.71. The lowest BCUT2D eigenvalue weighted by Gasteiger charge is -2.17. The Labute approximate surface area is 93.7 Å². The first-order valence-corrected chi connectivity index (χ1v) is 5.75. The Hall–Kier alpha value is -1.06. The van der Waals surface area contributed by atoms with Crippen molar-refractivity contribution in [1.29, 1.82) is 0 Å². The molecule has 0 radical (unpaired) electrons. The third-order valence-electron chi connectivity index (χ3n) is 2.48. The van der Waals surface area contributed by atoms with E-state index in [1.54, 1.807) is 18.4 Å². The fraction of sp³-hybridized carbons (Fsp3) is 0.333. The van der Waals surface area contributed by atoms with Crippen molar-refractivity contribution in [3.05, 3.63) is 29.1 Å². The Kier molecular flexibility index (Phi) is 2.44. The number of hydrogen-bond acceptors (Lipinski definition) is 3. The van der Waals surface area contributed by atoms with E-state index in [4.69, 9.17) is 10.5 Å². The van der Waals surface area contributed by atoms with Crippen molar-refractivity contribution in [2.24, 2.45) is 5.73 Å². The molecule has 1 aromatic heterocycles. The van der Waals surface area contributed by atoms with E-state index in [0.29, 0.717) is 0 Å². The molecule has 0 amide bonds. The van der Waals surface area contributed by atoms with Crippen LogP contribution in [0.1, 0.15) is 19.4 Å². The summed E-state index contributed by atoms with van der Waals surface area (Å²) in [4.78, 5) is 0. The van der Waals surface area contributed by atoms with E-state index >= 15 is 0 Å². The van der Waals surface area contributed by atoms with Gasteiger partial charge < -0.3 is 10.5 Å². The molecule has 2 nitrogen and oxygen atoms in total. The fourth-order valence-electron chi connectivity index (χ4n) is 1.63. The predicted molar refractivity (Wildman–Crippen MR) is 65.6 cm³/mol. The molecule has 3 heteroatoms. The molecular weight excluding hydrogens is 206 g/mol. The zero-order valence-corrected chi connectivity index (χ0v) is 10.0. The molecule has 0 aliphatic carbocycles. The molecule has 0 aliphatic heterocycles. The van der Waals surface area contributed by atoms with Crippen LogP contribution in [0.4, 0.5) is 0 Å². The largest absolute Gasteiger partial charge is 0.497 e. The van der Waals surface area contributed by atoms with Crippen LogP contribution in [0.25, 0.3) is 10.1 Å². The van der Waals surface area contributed by atoms with Crippen molar-refractivity contribution in [2.75, 3.05) is 7.11 Å². The van der Waals surface area contributed by atoms with E-state index in [9.17, 15) is 0 Å². The van der Waals surface area contributed by atoms with Gasteiger partial charge in [0, 0.05) is 10.2 Å². The predicted octanol–water partition coefficient (Wildman–Crippen LogP) is 3.10. The van der Waals surface area contributed by atoms with E-state index in [2.05, 4.69) is 17.5 Å². The minimum atomic E-state index is -0.285. The maximum absolute atomic E-state index is 6.11. The second-order valence-electron chi connectivity index (χ2n) is 4.23. The number of rotatable bonds is 2. The second-order valence-corrected chi connectivity index (χ2v) is 5.14. The van der Waals surface area contributed by atoms with E-state index < -0.39 is 0 Å². The molecule has 1 aromatic carbocycles. The van der Waals surface area contributed by atoms with Crippen molar-refractivity contribution in [3.8, 4) is 5.75 Å². The van der Waals surface area contributed by atoms with E-state index in [0.717, 1.165) is 5.75 Å². The standard InChI is InChI=1S/C12H15NOS/c1-12(2,13)10-7-15-11-6-8(14-3)4-5-9(10)11/h4-7H,13H2,1-3H3. The van der Waals surface area contributed by atoms with Gasteiger partial charge in [-0.2, -0.15) is 0 Å². The molecule has 0 bridgehead atoms. The van der Waals surface area contributed by atoms with Crippen molar-refractivity contribution in [3.63, 3.8) is 0 Å². The number of hydrogen-bond donors (Lipinski definition) is 1. The topological polar surface area (TPSA) is 35.2 Å². The molecule has 2 N–H and O–H groups in total. The summed E-state index contributed by atoms with van der Waals surface area (Å²) in [6, 6.07) is 6.11. The Morgan fingerprint density at radius 2 is 2.07 bits per heavy atom. The number of ether oxygens (including phenoxy) is 1. The molecule has 0 saturated heterocycles. The maximum atomic E-state index is 6.11. The van der Waals surface area contributed by atoms with Gasteiger partial charge in [-0.15, -0.1) is 11.3 Å². The van der Waals surface area contributed by atoms with Crippen molar-refractivity contribution < 1.29 is 4.74 Å². The molecule has 80 valence electrons. The smallest absolute Gasteiger partial charge is 0.120 e. The number of methoxy groups -OCH3 is 1. The highest BCUT2D eigenvalue weighted by atomic mass is 32.1. The zero-order chi connectivity index (χ0) is 11.1. The van der Waals surface area contributed by atoms with Crippen molar-refractivity contribution in [1.82, 2.24) is 0 Å². The molecule has 2 rings (SSSR count). The van der Waals surface area contributed by atoms with E-state index in [-0.39, 0.29) is 5.54 Å². The minimum Gasteiger partial charge on any atom is -0.497 e. The van der Waals surface area contributed by atoms with Gasteiger partial charge in [-0.3, -0.25) is 0 Å². The van der Waals surface area contributed by atoms with Crippen LogP contribution < -0.4 is 10.5 Å². The molecule has 0 unspecified atom stereocenters. The maximum Gasteiger partial charge on any atom is 0.120 e. The first-order chi connectivity index (χ1) is 7.02. The lowest BCUT2D eigenvalue weighted by atomic mass is 9.95. The van der Waals surface area contributed by atoms with Gasteiger partial charge in [-0.25, -0.2) is 0 Å². The van der Waals surface area contributed by atoms with Crippen molar-refractivity contribution in [2.45, 2.75) is 19.4 Å². The molecule has 0 spiro atoms. The van der Waals surface area contributed by atoms with Gasteiger partial charge in [0.05, 0.1) is 7.11 Å². The van der Waals surface area contributed by atoms with Gasteiger partial charge in [0.2, 0.25) is 0 Å². The monoisotopic (exact) mass is 221 g/mol. The Balaban J connectivity index is 2.62. The van der Waals surface area contributed by atoms with Gasteiger partial charge in [-0.1, -0.05) is 0 Å². The number of thiophene rings is 1. The van der Waals surface area contributed by atoms with Crippen LogP contribution >= 0.6 is 11.3 Å². The third kappa shape index (κ3) is 1.85. The third-order valence-corrected chi connectivity index (χ3v) is 3.42. The molecule has 0 aliphatic rings. The second kappa shape index (κ2) is 3.51. The van der Waals surface area contributed by atoms with Gasteiger partial charge in [-0.05, 0) is 48.4 Å². The zero-order valence-electron chi connectivity index (χ0n) is 9.20. The highest BCUT2D eigenvalue weighted by molar-refractivity contribution is 7.17. The molecule has 2 aromatic rings. The lowest BCUT2D eigenvalue weighted by molar-refractivity contribution is 0.415. The fourth-order valence-corrected chi connectivity index (χ4v) is 2.80. The highest BCUT2D eigenvalue weighted by Gasteiger charge is 2.18. The average Bonchev–Trinajstić information content (AvgIpc) is 2.59. The summed E-state index contributed by atoms with van der Waals surface area (Å²) in [6.07, 6.45) is 0. The van der Waals surface area contributed by atoms with E-state index in [1.165, 1.54) is 15.6 Å². The van der Waals surface area contributed by atoms with E-state index in [1.807, 2.05) is 19.9 Å². The van der Waals surface area contributed by atoms with Crippen LogP contribution in [0, 0.1) is 0 Å². The average molecular weight is 221 g/mol. The summed E-state index contributed by atoms with van der Waals surface area (Å²) < 4.78 is 6.42. The highest BCUT2D eigenvalue weighted by Crippen LogP contribution is 2.34. The number of nitrogens with two attached hydrogens (primary N) is 1. The quantitative estimate of drug-likeness (QED) is 0.845. The Bertz CT molecular complexity index is 482. The Morgan fingerprint density at radius 3 is 2.67 bits per heavy atom. The van der Waals surface area contributed by atoms with Crippen LogP contribution in [0.2, 0.25) is 0 Å². The van der Waals surface area contributed by atoms with Crippen LogP contribution in [-0.2, 0) is 5.54 Å². The summed E-state index contributed by atoms with van der Waals surface area (Å²) in [5, 5.41) is 3.36. The van der Waals surface area contributed by atoms with Crippen LogP contribution in [0.5, 0.6) is 5.75 Å². The summed E-state index contributed by atoms with van der Waals surface area (Å²) in [6.45, 7) is 4.05. The van der Waals surface area contributed by atoms with Crippen molar-refractivity contribution >= 4 is 21.4 Å². The minimum absolute atomic E-state index is 0.285. The van der Waals surface area contributed by atoms with Crippen LogP contribution in [-0.4, -0.2) is 7.11 Å². The molecule has 0 atom stereocenters. The normalized spacial score (nSPS) is 12.0. The summed E-state index contributed by atoms with van der Waals surface area (Å²) in [7, 11) is 1.68. The first kappa shape index (κ1) is 10.5. The van der Waals surface area contributed by atoms with Gasteiger partial charge >= 0.3 is 0 Å². The molecule has 0 saturated carbocycles. The van der Waals surface area contributed by atoms with Crippen LogP contribution in [0.3, 0.4) is 0 Å². The molecule has 15 heavy (non-hydrogen) atoms. The van der Waals surface area contributed by atoms with Gasteiger partial charge in [0.25, 0.3) is 0 Å². The van der Waals surface area contributed by atoms with Crippen LogP contribution in [0.15, 0.2) is 23.6 Å². The van der Waals surface area contributed by atoms with Gasteiger partial charge in [0.15, 0.2) is 0 Å². The summed E-state index contributed by atoms with van der Waals surface area (Å²) in [5.74, 6) is 0.894. The number of benzene rings is 1. The Morgan fingerprint density at radius 1 is 1.33 bits per heavy atom. The molecular formula is C12H15NOS. The molecule has 0 fully saturated rings.